The first-order chi connectivity index (χ1) is 6.09. The van der Waals surface area contributed by atoms with E-state index in [4.69, 9.17) is 10.2 Å². The van der Waals surface area contributed by atoms with Crippen molar-refractivity contribution in [1.29, 1.82) is 0 Å². The maximum Gasteiger partial charge on any atom is 0.277 e. The van der Waals surface area contributed by atoms with E-state index in [-0.39, 0.29) is 11.8 Å². The van der Waals surface area contributed by atoms with Gasteiger partial charge in [0.2, 0.25) is 5.91 Å². The second kappa shape index (κ2) is 4.24. The Hall–Kier alpha value is -1.08. The average molecular weight is 203 g/mol. The highest BCUT2D eigenvalue weighted by atomic mass is 32.2. The minimum atomic E-state index is -0.410. The zero-order valence-corrected chi connectivity index (χ0v) is 8.00. The molecule has 0 aliphatic heterocycles. The Kier molecular flexibility index (Phi) is 3.26. The van der Waals surface area contributed by atoms with E-state index in [2.05, 4.69) is 15.9 Å². The molecule has 72 valence electrons. The highest BCUT2D eigenvalue weighted by Crippen LogP contribution is 2.16. The van der Waals surface area contributed by atoms with Crippen molar-refractivity contribution < 1.29 is 14.9 Å². The summed E-state index contributed by atoms with van der Waals surface area (Å²) in [6.07, 6.45) is 0. The van der Waals surface area contributed by atoms with Crippen LogP contribution in [0.4, 0.5) is 0 Å². The Morgan fingerprint density at radius 3 is 2.92 bits per heavy atom. The Bertz CT molecular complexity index is 299. The number of rotatable bonds is 4. The summed E-state index contributed by atoms with van der Waals surface area (Å²) in [6.45, 7) is 1.84. The van der Waals surface area contributed by atoms with Crippen LogP contribution in [-0.2, 0) is 4.79 Å². The molecule has 0 spiro atoms. The fourth-order valence-corrected chi connectivity index (χ4v) is 1.12. The molecule has 0 fully saturated rings. The van der Waals surface area contributed by atoms with Crippen molar-refractivity contribution in [2.45, 2.75) is 18.2 Å². The van der Waals surface area contributed by atoms with E-state index in [9.17, 15) is 4.79 Å². The van der Waals surface area contributed by atoms with E-state index in [0.717, 1.165) is 11.8 Å². The molecule has 5 N–H and O–H groups in total. The van der Waals surface area contributed by atoms with E-state index in [1.165, 1.54) is 0 Å². The second-order valence-electron chi connectivity index (χ2n) is 2.56. The highest BCUT2D eigenvalue weighted by Gasteiger charge is 2.12. The second-order valence-corrected chi connectivity index (χ2v) is 3.49. The van der Waals surface area contributed by atoms with Crippen LogP contribution in [0.25, 0.3) is 0 Å². The summed E-state index contributed by atoms with van der Waals surface area (Å²) < 4.78 is 5.17. The van der Waals surface area contributed by atoms with Gasteiger partial charge in [-0.15, -0.1) is 10.2 Å². The molecule has 0 saturated carbocycles. The Labute approximate surface area is 79.1 Å². The van der Waals surface area contributed by atoms with Crippen LogP contribution in [0.15, 0.2) is 9.64 Å². The van der Waals surface area contributed by atoms with E-state index in [1.807, 2.05) is 6.92 Å². The average Bonchev–Trinajstić information content (AvgIpc) is 2.48. The van der Waals surface area contributed by atoms with Crippen LogP contribution in [0, 0.1) is 0 Å². The molecular formula is C6H11N4O2S+. The standard InChI is InChI=1S/C6H10N4O2S/c1-3(7)5-9-10-6(12-5)13-2-4(8)11/h3H,2,7H2,1H3,(H2,8,11)/p+1/t3-/m0/s1. The summed E-state index contributed by atoms with van der Waals surface area (Å²) in [7, 11) is 0. The van der Waals surface area contributed by atoms with Gasteiger partial charge in [0.25, 0.3) is 11.1 Å². The van der Waals surface area contributed by atoms with Crippen molar-refractivity contribution in [2.75, 3.05) is 5.75 Å². The predicted octanol–water partition coefficient (Wildman–Crippen LogP) is -1.05. The molecule has 1 heterocycles. The van der Waals surface area contributed by atoms with Crippen molar-refractivity contribution in [2.24, 2.45) is 5.73 Å². The molecule has 0 radical (unpaired) electrons. The van der Waals surface area contributed by atoms with Gasteiger partial charge in [-0.05, 0) is 6.92 Å². The number of quaternary nitrogens is 1. The molecule has 1 atom stereocenters. The third-order valence-corrected chi connectivity index (χ3v) is 2.02. The monoisotopic (exact) mass is 203 g/mol. The van der Waals surface area contributed by atoms with Gasteiger partial charge >= 0.3 is 0 Å². The van der Waals surface area contributed by atoms with Crippen LogP contribution in [-0.4, -0.2) is 21.9 Å². The van der Waals surface area contributed by atoms with E-state index >= 15 is 0 Å². The summed E-state index contributed by atoms with van der Waals surface area (Å²) in [5.41, 5.74) is 8.67. The lowest BCUT2D eigenvalue weighted by molar-refractivity contribution is -0.425. The van der Waals surface area contributed by atoms with Gasteiger partial charge in [0, 0.05) is 0 Å². The number of hydrogen-bond donors (Lipinski definition) is 2. The largest absolute Gasteiger partial charge is 0.410 e. The number of thioether (sulfide) groups is 1. The number of nitrogens with zero attached hydrogens (tertiary/aromatic N) is 2. The molecule has 0 aliphatic rings. The number of primary amides is 1. The molecule has 7 heteroatoms. The first kappa shape index (κ1) is 10.0. The fraction of sp³-hybridized carbons (Fsp3) is 0.500. The number of carbonyl (C=O) groups is 1. The zero-order chi connectivity index (χ0) is 9.84. The van der Waals surface area contributed by atoms with Crippen LogP contribution in [0.2, 0.25) is 0 Å². The van der Waals surface area contributed by atoms with Crippen molar-refractivity contribution in [3.8, 4) is 0 Å². The van der Waals surface area contributed by atoms with Crippen LogP contribution < -0.4 is 11.5 Å². The van der Waals surface area contributed by atoms with Gasteiger partial charge in [-0.2, -0.15) is 0 Å². The summed E-state index contributed by atoms with van der Waals surface area (Å²) >= 11 is 1.12. The molecule has 0 saturated heterocycles. The minimum Gasteiger partial charge on any atom is -0.410 e. The summed E-state index contributed by atoms with van der Waals surface area (Å²) in [4.78, 5) is 10.4. The summed E-state index contributed by atoms with van der Waals surface area (Å²) in [5.74, 6) is 0.201. The molecule has 1 aromatic rings. The van der Waals surface area contributed by atoms with Gasteiger partial charge in [0.15, 0.2) is 6.04 Å². The number of carbonyl (C=O) groups excluding carboxylic acids is 1. The zero-order valence-electron chi connectivity index (χ0n) is 7.19. The summed E-state index contributed by atoms with van der Waals surface area (Å²) in [6, 6.07) is -0.0459. The van der Waals surface area contributed by atoms with Crippen molar-refractivity contribution >= 4 is 17.7 Å². The lowest BCUT2D eigenvalue weighted by atomic mass is 10.4. The third kappa shape index (κ3) is 3.03. The van der Waals surface area contributed by atoms with Crippen LogP contribution in [0.1, 0.15) is 18.9 Å². The van der Waals surface area contributed by atoms with Crippen molar-refractivity contribution in [1.82, 2.24) is 10.2 Å². The normalized spacial score (nSPS) is 12.8. The van der Waals surface area contributed by atoms with Gasteiger partial charge in [-0.1, -0.05) is 11.8 Å². The number of hydrogen-bond acceptors (Lipinski definition) is 5. The van der Waals surface area contributed by atoms with Gasteiger partial charge in [0.1, 0.15) is 0 Å². The first-order valence-corrected chi connectivity index (χ1v) is 4.65. The quantitative estimate of drug-likeness (QED) is 0.607. The van der Waals surface area contributed by atoms with Gasteiger partial charge in [0.05, 0.1) is 5.75 Å². The Morgan fingerprint density at radius 1 is 1.77 bits per heavy atom. The highest BCUT2D eigenvalue weighted by molar-refractivity contribution is 7.99. The van der Waals surface area contributed by atoms with Crippen LogP contribution in [0.5, 0.6) is 0 Å². The Balaban J connectivity index is 2.54. The number of amides is 1. The molecule has 6 nitrogen and oxygen atoms in total. The van der Waals surface area contributed by atoms with Crippen molar-refractivity contribution in [3.05, 3.63) is 5.89 Å². The van der Waals surface area contributed by atoms with E-state index < -0.39 is 5.91 Å². The molecule has 0 bridgehead atoms. The smallest absolute Gasteiger partial charge is 0.277 e. The molecule has 0 unspecified atom stereocenters. The maximum absolute atomic E-state index is 10.4. The topological polar surface area (TPSA) is 110 Å². The molecule has 0 aromatic carbocycles. The van der Waals surface area contributed by atoms with Crippen LogP contribution in [0.3, 0.4) is 0 Å². The number of nitrogens with two attached hydrogens (primary N) is 1. The van der Waals surface area contributed by atoms with Crippen LogP contribution >= 0.6 is 11.8 Å². The van der Waals surface area contributed by atoms with Gasteiger partial charge < -0.3 is 15.9 Å². The third-order valence-electron chi connectivity index (χ3n) is 1.18. The molecule has 0 aliphatic carbocycles. The van der Waals surface area contributed by atoms with E-state index in [1.54, 1.807) is 0 Å². The molecule has 13 heavy (non-hydrogen) atoms. The lowest BCUT2D eigenvalue weighted by Crippen LogP contribution is -2.51. The van der Waals surface area contributed by atoms with Gasteiger partial charge in [-0.25, -0.2) is 0 Å². The molecular weight excluding hydrogens is 192 g/mol. The lowest BCUT2D eigenvalue weighted by Gasteiger charge is -1.91. The predicted molar refractivity (Wildman–Crippen MR) is 45.5 cm³/mol. The first-order valence-electron chi connectivity index (χ1n) is 3.67. The minimum absolute atomic E-state index is 0.0459. The Morgan fingerprint density at radius 2 is 2.46 bits per heavy atom. The molecule has 1 rings (SSSR count). The SMILES string of the molecule is C[C@H]([NH3+])c1nnc(SCC(N)=O)o1. The number of aromatic nitrogens is 2. The molecule has 1 amide bonds. The van der Waals surface area contributed by atoms with Gasteiger partial charge in [-0.3, -0.25) is 4.79 Å². The van der Waals surface area contributed by atoms with E-state index in [0.29, 0.717) is 11.1 Å². The summed E-state index contributed by atoms with van der Waals surface area (Å²) in [5, 5.41) is 7.80. The molecule has 1 aromatic heterocycles. The maximum atomic E-state index is 10.4. The fourth-order valence-electron chi connectivity index (χ4n) is 0.611. The van der Waals surface area contributed by atoms with Crippen molar-refractivity contribution in [3.63, 3.8) is 0 Å².